The number of carbonyl (C=O) groups excluding carboxylic acids is 2. The Morgan fingerprint density at radius 3 is 2.46 bits per heavy atom. The van der Waals surface area contributed by atoms with Crippen molar-refractivity contribution < 1.29 is 23.8 Å². The van der Waals surface area contributed by atoms with Gasteiger partial charge in [-0.05, 0) is 61.7 Å². The molecule has 1 N–H and O–H groups in total. The van der Waals surface area contributed by atoms with Gasteiger partial charge in [0.1, 0.15) is 0 Å². The summed E-state index contributed by atoms with van der Waals surface area (Å²) in [5, 5.41) is 2.69. The van der Waals surface area contributed by atoms with Crippen molar-refractivity contribution in [2.75, 3.05) is 25.6 Å². The molecule has 2 rings (SSSR count). The summed E-state index contributed by atoms with van der Waals surface area (Å²) in [7, 11) is 1.52. The number of hydrogen-bond acceptors (Lipinski definition) is 5. The molecule has 0 fully saturated rings. The Morgan fingerprint density at radius 2 is 1.79 bits per heavy atom. The summed E-state index contributed by atoms with van der Waals surface area (Å²) in [6, 6.07) is 10.9. The highest BCUT2D eigenvalue weighted by Gasteiger charge is 2.11. The molecule has 0 aliphatic heterocycles. The second kappa shape index (κ2) is 10.2. The quantitative estimate of drug-likeness (QED) is 0.700. The van der Waals surface area contributed by atoms with Crippen LogP contribution in [0.15, 0.2) is 42.5 Å². The zero-order valence-electron chi connectivity index (χ0n) is 16.6. The van der Waals surface area contributed by atoms with Crippen LogP contribution in [0.2, 0.25) is 0 Å². The molecule has 0 aliphatic rings. The van der Waals surface area contributed by atoms with Crippen LogP contribution in [0.3, 0.4) is 0 Å². The summed E-state index contributed by atoms with van der Waals surface area (Å²) in [5.41, 5.74) is 3.82. The van der Waals surface area contributed by atoms with E-state index in [0.29, 0.717) is 17.2 Å². The minimum atomic E-state index is -0.644. The van der Waals surface area contributed by atoms with Crippen LogP contribution in [-0.4, -0.2) is 32.2 Å². The van der Waals surface area contributed by atoms with Crippen molar-refractivity contribution in [1.82, 2.24) is 0 Å². The first-order valence-electron chi connectivity index (χ1n) is 8.89. The lowest BCUT2D eigenvalue weighted by atomic mass is 10.1. The molecule has 0 unspecified atom stereocenters. The number of nitrogens with one attached hydrogen (secondary N) is 1. The molecule has 0 radical (unpaired) electrons. The monoisotopic (exact) mass is 383 g/mol. The van der Waals surface area contributed by atoms with E-state index in [-0.39, 0.29) is 13.2 Å². The number of hydrogen-bond donors (Lipinski definition) is 1. The Labute approximate surface area is 165 Å². The number of benzene rings is 2. The Hall–Kier alpha value is -3.28. The zero-order valence-corrected chi connectivity index (χ0v) is 16.6. The minimum absolute atomic E-state index is 0.323. The molecule has 1 amide bonds. The highest BCUT2D eigenvalue weighted by atomic mass is 16.6. The molecule has 2 aromatic carbocycles. The van der Waals surface area contributed by atoms with E-state index in [0.717, 1.165) is 16.7 Å². The van der Waals surface area contributed by atoms with Crippen molar-refractivity contribution >= 4 is 23.6 Å². The molecule has 0 saturated carbocycles. The number of allylic oxidation sites excluding steroid dienone is 1. The largest absolute Gasteiger partial charge is 0.493 e. The molecule has 28 heavy (non-hydrogen) atoms. The number of carbonyl (C=O) groups is 2. The first-order chi connectivity index (χ1) is 13.4. The number of aryl methyl sites for hydroxylation is 2. The summed E-state index contributed by atoms with van der Waals surface area (Å²) in [6.45, 7) is 5.17. The van der Waals surface area contributed by atoms with Gasteiger partial charge in [-0.15, -0.1) is 0 Å². The molecule has 0 aromatic heterocycles. The van der Waals surface area contributed by atoms with Gasteiger partial charge in [-0.3, -0.25) is 4.79 Å². The van der Waals surface area contributed by atoms with Gasteiger partial charge in [-0.25, -0.2) is 4.79 Å². The van der Waals surface area contributed by atoms with Crippen molar-refractivity contribution in [3.8, 4) is 11.5 Å². The molecular formula is C22H25NO5. The van der Waals surface area contributed by atoms with Gasteiger partial charge < -0.3 is 19.5 Å². The number of anilines is 1. The van der Waals surface area contributed by atoms with Crippen LogP contribution in [0.4, 0.5) is 5.69 Å². The van der Waals surface area contributed by atoms with E-state index in [1.807, 2.05) is 51.1 Å². The first kappa shape index (κ1) is 21.0. The molecule has 0 atom stereocenters. The van der Waals surface area contributed by atoms with Crippen molar-refractivity contribution in [2.45, 2.75) is 20.8 Å². The van der Waals surface area contributed by atoms with Crippen molar-refractivity contribution in [3.05, 3.63) is 59.2 Å². The van der Waals surface area contributed by atoms with Gasteiger partial charge in [0.2, 0.25) is 0 Å². The van der Waals surface area contributed by atoms with E-state index in [1.54, 1.807) is 18.2 Å². The molecule has 148 valence electrons. The third-order valence-corrected chi connectivity index (χ3v) is 4.05. The molecule has 0 spiro atoms. The fourth-order valence-corrected chi connectivity index (χ4v) is 2.44. The summed E-state index contributed by atoms with van der Waals surface area (Å²) < 4.78 is 15.7. The van der Waals surface area contributed by atoms with Crippen LogP contribution in [0.5, 0.6) is 11.5 Å². The molecule has 0 aliphatic carbocycles. The molecule has 6 heteroatoms. The van der Waals surface area contributed by atoms with E-state index in [4.69, 9.17) is 14.2 Å². The summed E-state index contributed by atoms with van der Waals surface area (Å²) >= 11 is 0. The maximum Gasteiger partial charge on any atom is 0.344 e. The van der Waals surface area contributed by atoms with Gasteiger partial charge in [0.15, 0.2) is 24.7 Å². The third-order valence-electron chi connectivity index (χ3n) is 4.05. The number of amides is 1. The highest BCUT2D eigenvalue weighted by Crippen LogP contribution is 2.28. The maximum absolute atomic E-state index is 11.9. The number of rotatable bonds is 8. The SMILES string of the molecule is C/C=C/c1ccc(OCC(=O)OCC(=O)Nc2ccc(C)c(C)c2)c(OC)c1. The molecule has 0 bridgehead atoms. The molecule has 0 saturated heterocycles. The van der Waals surface area contributed by atoms with Gasteiger partial charge in [0.05, 0.1) is 7.11 Å². The van der Waals surface area contributed by atoms with Crippen LogP contribution < -0.4 is 14.8 Å². The van der Waals surface area contributed by atoms with Gasteiger partial charge in [-0.2, -0.15) is 0 Å². The minimum Gasteiger partial charge on any atom is -0.493 e. The van der Waals surface area contributed by atoms with Crippen LogP contribution in [0, 0.1) is 13.8 Å². The van der Waals surface area contributed by atoms with Crippen LogP contribution in [-0.2, 0) is 14.3 Å². The van der Waals surface area contributed by atoms with Crippen molar-refractivity contribution in [2.24, 2.45) is 0 Å². The van der Waals surface area contributed by atoms with Crippen LogP contribution in [0.25, 0.3) is 6.08 Å². The topological polar surface area (TPSA) is 73.9 Å². The lowest BCUT2D eigenvalue weighted by Crippen LogP contribution is -2.23. The lowest BCUT2D eigenvalue weighted by molar-refractivity contribution is -0.149. The Kier molecular flexibility index (Phi) is 7.63. The number of methoxy groups -OCH3 is 1. The predicted octanol–water partition coefficient (Wildman–Crippen LogP) is 3.91. The van der Waals surface area contributed by atoms with Gasteiger partial charge in [0.25, 0.3) is 5.91 Å². The first-order valence-corrected chi connectivity index (χ1v) is 8.89. The lowest BCUT2D eigenvalue weighted by Gasteiger charge is -2.11. The standard InChI is InChI=1S/C22H25NO5/c1-5-6-17-8-10-19(20(12-17)26-4)27-14-22(25)28-13-21(24)23-18-9-7-15(2)16(3)11-18/h5-12H,13-14H2,1-4H3,(H,23,24)/b6-5+. The normalized spacial score (nSPS) is 10.6. The molecule has 6 nitrogen and oxygen atoms in total. The Balaban J connectivity index is 1.82. The van der Waals surface area contributed by atoms with Gasteiger partial charge in [-0.1, -0.05) is 24.3 Å². The number of ether oxygens (including phenoxy) is 3. The summed E-state index contributed by atoms with van der Waals surface area (Å²) in [6.07, 6.45) is 3.84. The number of esters is 1. The maximum atomic E-state index is 11.9. The summed E-state index contributed by atoms with van der Waals surface area (Å²) in [4.78, 5) is 23.8. The zero-order chi connectivity index (χ0) is 20.5. The fraction of sp³-hybridized carbons (Fsp3) is 0.273. The van der Waals surface area contributed by atoms with Gasteiger partial charge >= 0.3 is 5.97 Å². The molecule has 2 aromatic rings. The predicted molar refractivity (Wildman–Crippen MR) is 109 cm³/mol. The second-order valence-electron chi connectivity index (χ2n) is 6.21. The van der Waals surface area contributed by atoms with Crippen LogP contribution >= 0.6 is 0 Å². The second-order valence-corrected chi connectivity index (χ2v) is 6.21. The van der Waals surface area contributed by atoms with Crippen molar-refractivity contribution in [1.29, 1.82) is 0 Å². The van der Waals surface area contributed by atoms with E-state index in [1.165, 1.54) is 7.11 Å². The third kappa shape index (κ3) is 6.16. The average molecular weight is 383 g/mol. The van der Waals surface area contributed by atoms with Crippen molar-refractivity contribution in [3.63, 3.8) is 0 Å². The smallest absolute Gasteiger partial charge is 0.344 e. The fourth-order valence-electron chi connectivity index (χ4n) is 2.44. The molecular weight excluding hydrogens is 358 g/mol. The van der Waals surface area contributed by atoms with E-state index >= 15 is 0 Å². The van der Waals surface area contributed by atoms with E-state index in [9.17, 15) is 9.59 Å². The Bertz CT molecular complexity index is 873. The summed E-state index contributed by atoms with van der Waals surface area (Å²) in [5.74, 6) is -0.122. The van der Waals surface area contributed by atoms with E-state index in [2.05, 4.69) is 5.32 Å². The molecule has 0 heterocycles. The van der Waals surface area contributed by atoms with E-state index < -0.39 is 11.9 Å². The highest BCUT2D eigenvalue weighted by molar-refractivity contribution is 5.93. The van der Waals surface area contributed by atoms with Gasteiger partial charge in [0, 0.05) is 5.69 Å². The van der Waals surface area contributed by atoms with Crippen LogP contribution in [0.1, 0.15) is 23.6 Å². The Morgan fingerprint density at radius 1 is 1.00 bits per heavy atom. The average Bonchev–Trinajstić information content (AvgIpc) is 2.68.